The minimum Gasteiger partial charge on any atom is -0.422 e. The Morgan fingerprint density at radius 2 is 1.70 bits per heavy atom. The molecule has 0 aliphatic carbocycles. The zero-order chi connectivity index (χ0) is 20.0. The van der Waals surface area contributed by atoms with Crippen molar-refractivity contribution in [2.24, 2.45) is 5.41 Å². The van der Waals surface area contributed by atoms with Crippen molar-refractivity contribution >= 4 is 11.9 Å². The van der Waals surface area contributed by atoms with Crippen molar-refractivity contribution in [3.8, 4) is 5.75 Å². The smallest absolute Gasteiger partial charge is 0.316 e. The molecule has 2 rings (SSSR count). The van der Waals surface area contributed by atoms with E-state index in [9.17, 15) is 4.79 Å². The first-order chi connectivity index (χ1) is 12.7. The number of benzene rings is 1. The second-order valence-electron chi connectivity index (χ2n) is 7.96. The summed E-state index contributed by atoms with van der Waals surface area (Å²) in [4.78, 5) is 21.2. The summed E-state index contributed by atoms with van der Waals surface area (Å²) in [7, 11) is 0. The van der Waals surface area contributed by atoms with Crippen LogP contribution in [-0.4, -0.2) is 22.5 Å². The average Bonchev–Trinajstić information content (AvgIpc) is 2.61. The first kappa shape index (κ1) is 20.9. The van der Waals surface area contributed by atoms with Gasteiger partial charge in [-0.25, -0.2) is 9.97 Å². The molecule has 0 aliphatic heterocycles. The summed E-state index contributed by atoms with van der Waals surface area (Å²) < 4.78 is 5.54. The molecule has 0 radical (unpaired) electrons. The van der Waals surface area contributed by atoms with E-state index >= 15 is 0 Å². The van der Waals surface area contributed by atoms with Gasteiger partial charge in [0, 0.05) is 12.5 Å². The van der Waals surface area contributed by atoms with Crippen molar-refractivity contribution in [1.29, 1.82) is 0 Å². The van der Waals surface area contributed by atoms with E-state index in [4.69, 9.17) is 4.74 Å². The fourth-order valence-corrected chi connectivity index (χ4v) is 2.85. The number of rotatable bonds is 7. The number of nitrogens with zero attached hydrogens (tertiary/aromatic N) is 2. The highest BCUT2D eigenvalue weighted by Crippen LogP contribution is 2.26. The summed E-state index contributed by atoms with van der Waals surface area (Å²) in [6, 6.07) is 10.5. The SMILES string of the molecule is CCCC(CNc1nc(C)c(OC(=O)C(C)(C)C)c(C)n1)c1ccccc1. The maximum Gasteiger partial charge on any atom is 0.316 e. The lowest BCUT2D eigenvalue weighted by Crippen LogP contribution is -2.26. The third-order valence-corrected chi connectivity index (χ3v) is 4.43. The number of ether oxygens (including phenoxy) is 1. The van der Waals surface area contributed by atoms with Gasteiger partial charge in [0.1, 0.15) is 0 Å². The molecule has 146 valence electrons. The maximum absolute atomic E-state index is 12.2. The molecule has 5 nitrogen and oxygen atoms in total. The number of aromatic nitrogens is 2. The summed E-state index contributed by atoms with van der Waals surface area (Å²) >= 11 is 0. The lowest BCUT2D eigenvalue weighted by molar-refractivity contribution is -0.143. The molecule has 0 saturated heterocycles. The molecule has 1 aromatic heterocycles. The van der Waals surface area contributed by atoms with E-state index in [-0.39, 0.29) is 5.97 Å². The second-order valence-corrected chi connectivity index (χ2v) is 7.96. The average molecular weight is 370 g/mol. The van der Waals surface area contributed by atoms with Crippen LogP contribution in [0.25, 0.3) is 0 Å². The molecule has 5 heteroatoms. The van der Waals surface area contributed by atoms with E-state index in [0.717, 1.165) is 19.4 Å². The molecule has 1 unspecified atom stereocenters. The van der Waals surface area contributed by atoms with Gasteiger partial charge in [-0.2, -0.15) is 0 Å². The van der Waals surface area contributed by atoms with Crippen molar-refractivity contribution in [2.45, 2.75) is 60.3 Å². The molecule has 27 heavy (non-hydrogen) atoms. The van der Waals surface area contributed by atoms with Crippen LogP contribution in [0, 0.1) is 19.3 Å². The molecule has 1 atom stereocenters. The predicted molar refractivity (Wildman–Crippen MR) is 109 cm³/mol. The zero-order valence-electron chi connectivity index (χ0n) is 17.3. The van der Waals surface area contributed by atoms with Crippen LogP contribution >= 0.6 is 0 Å². The van der Waals surface area contributed by atoms with E-state index < -0.39 is 5.41 Å². The van der Waals surface area contributed by atoms with Crippen LogP contribution in [-0.2, 0) is 4.79 Å². The van der Waals surface area contributed by atoms with Crippen LogP contribution in [0.3, 0.4) is 0 Å². The Hall–Kier alpha value is -2.43. The van der Waals surface area contributed by atoms with Gasteiger partial charge in [0.25, 0.3) is 0 Å². The van der Waals surface area contributed by atoms with E-state index in [1.807, 2.05) is 40.7 Å². The fraction of sp³-hybridized carbons (Fsp3) is 0.500. The minimum absolute atomic E-state index is 0.287. The van der Waals surface area contributed by atoms with Crippen LogP contribution in [0.5, 0.6) is 5.75 Å². The lowest BCUT2D eigenvalue weighted by Gasteiger charge is -2.20. The van der Waals surface area contributed by atoms with Crippen molar-refractivity contribution in [3.05, 3.63) is 47.3 Å². The summed E-state index contributed by atoms with van der Waals surface area (Å²) in [5.74, 6) is 1.13. The number of hydrogen-bond donors (Lipinski definition) is 1. The Morgan fingerprint density at radius 3 is 2.22 bits per heavy atom. The minimum atomic E-state index is -0.571. The standard InChI is InChI=1S/C22H31N3O2/c1-7-11-18(17-12-9-8-10-13-17)14-23-21-24-15(2)19(16(3)25-21)27-20(26)22(4,5)6/h8-10,12-13,18H,7,11,14H2,1-6H3,(H,23,24,25). The number of hydrogen-bond acceptors (Lipinski definition) is 5. The molecular weight excluding hydrogens is 338 g/mol. The van der Waals surface area contributed by atoms with Gasteiger partial charge in [-0.15, -0.1) is 0 Å². The lowest BCUT2D eigenvalue weighted by atomic mass is 9.94. The topological polar surface area (TPSA) is 64.1 Å². The molecule has 0 bridgehead atoms. The van der Waals surface area contributed by atoms with Gasteiger partial charge >= 0.3 is 5.97 Å². The molecular formula is C22H31N3O2. The van der Waals surface area contributed by atoms with Gasteiger partial charge in [-0.3, -0.25) is 4.79 Å². The number of esters is 1. The van der Waals surface area contributed by atoms with Gasteiger partial charge in [0.15, 0.2) is 5.75 Å². The normalized spacial score (nSPS) is 12.5. The number of carbonyl (C=O) groups is 1. The van der Waals surface area contributed by atoms with E-state index in [1.54, 1.807) is 0 Å². The predicted octanol–water partition coefficient (Wildman–Crippen LogP) is 5.04. The number of aryl methyl sites for hydroxylation is 2. The summed E-state index contributed by atoms with van der Waals surface area (Å²) in [6.07, 6.45) is 2.21. The number of nitrogens with one attached hydrogen (secondary N) is 1. The molecule has 0 fully saturated rings. The summed E-state index contributed by atoms with van der Waals surface area (Å²) in [6.45, 7) is 12.1. The third kappa shape index (κ3) is 5.78. The van der Waals surface area contributed by atoms with Crippen LogP contribution in [0.4, 0.5) is 5.95 Å². The van der Waals surface area contributed by atoms with Gasteiger partial charge in [0.05, 0.1) is 16.8 Å². The molecule has 0 amide bonds. The van der Waals surface area contributed by atoms with E-state index in [2.05, 4.69) is 46.5 Å². The number of carbonyl (C=O) groups excluding carboxylic acids is 1. The first-order valence-corrected chi connectivity index (χ1v) is 9.58. The second kappa shape index (κ2) is 8.98. The van der Waals surface area contributed by atoms with Gasteiger partial charge in [-0.05, 0) is 46.6 Å². The molecule has 0 aliphatic rings. The van der Waals surface area contributed by atoms with Crippen molar-refractivity contribution in [2.75, 3.05) is 11.9 Å². The molecule has 1 aromatic carbocycles. The van der Waals surface area contributed by atoms with Crippen LogP contribution < -0.4 is 10.1 Å². The number of anilines is 1. The molecule has 0 spiro atoms. The maximum atomic E-state index is 12.2. The molecule has 0 saturated carbocycles. The zero-order valence-corrected chi connectivity index (χ0v) is 17.3. The molecule has 2 aromatic rings. The fourth-order valence-electron chi connectivity index (χ4n) is 2.85. The summed E-state index contributed by atoms with van der Waals surface area (Å²) in [5, 5.41) is 3.36. The molecule has 1 heterocycles. The van der Waals surface area contributed by atoms with Crippen molar-refractivity contribution < 1.29 is 9.53 Å². The molecule has 1 N–H and O–H groups in total. The Morgan fingerprint density at radius 1 is 1.11 bits per heavy atom. The monoisotopic (exact) mass is 369 g/mol. The quantitative estimate of drug-likeness (QED) is 0.693. The summed E-state index contributed by atoms with van der Waals surface area (Å²) in [5.41, 5.74) is 2.07. The third-order valence-electron chi connectivity index (χ3n) is 4.43. The highest BCUT2D eigenvalue weighted by atomic mass is 16.5. The highest BCUT2D eigenvalue weighted by molar-refractivity contribution is 5.78. The van der Waals surface area contributed by atoms with Crippen LogP contribution in [0.2, 0.25) is 0 Å². The van der Waals surface area contributed by atoms with E-state index in [0.29, 0.717) is 29.0 Å². The Bertz CT molecular complexity index is 744. The van der Waals surface area contributed by atoms with Crippen molar-refractivity contribution in [1.82, 2.24) is 9.97 Å². The Balaban J connectivity index is 2.12. The van der Waals surface area contributed by atoms with Crippen LogP contribution in [0.1, 0.15) is 63.4 Å². The Kier molecular flexibility index (Phi) is 6.94. The van der Waals surface area contributed by atoms with Crippen molar-refractivity contribution in [3.63, 3.8) is 0 Å². The largest absolute Gasteiger partial charge is 0.422 e. The highest BCUT2D eigenvalue weighted by Gasteiger charge is 2.25. The van der Waals surface area contributed by atoms with Crippen LogP contribution in [0.15, 0.2) is 30.3 Å². The Labute approximate surface area is 162 Å². The van der Waals surface area contributed by atoms with Gasteiger partial charge < -0.3 is 10.1 Å². The first-order valence-electron chi connectivity index (χ1n) is 9.58. The van der Waals surface area contributed by atoms with Gasteiger partial charge in [-0.1, -0.05) is 43.7 Å². The van der Waals surface area contributed by atoms with Gasteiger partial charge in [0.2, 0.25) is 5.95 Å². The van der Waals surface area contributed by atoms with E-state index in [1.165, 1.54) is 5.56 Å².